The molecular weight excluding hydrogens is 256 g/mol. The number of pyridine rings is 1. The highest BCUT2D eigenvalue weighted by Crippen LogP contribution is 2.03. The lowest BCUT2D eigenvalue weighted by Gasteiger charge is -2.25. The molecule has 2 rings (SSSR count). The molecule has 0 unspecified atom stereocenters. The topological polar surface area (TPSA) is 78.2 Å². The molecule has 1 aromatic rings. The molecule has 1 fully saturated rings. The van der Waals surface area contributed by atoms with Crippen molar-refractivity contribution >= 4 is 5.91 Å². The Morgan fingerprint density at radius 1 is 1.55 bits per heavy atom. The molecule has 1 aliphatic heterocycles. The SMILES string of the molecule is N#C/C(=C/N1CCOCC1)C(=O)NCc1cccnc1. The average Bonchev–Trinajstić information content (AvgIpc) is 2.52. The number of nitrogens with one attached hydrogen (secondary N) is 1. The summed E-state index contributed by atoms with van der Waals surface area (Å²) >= 11 is 0. The first-order valence-electron chi connectivity index (χ1n) is 6.40. The van der Waals surface area contributed by atoms with Crippen molar-refractivity contribution in [3.8, 4) is 6.07 Å². The molecule has 0 atom stereocenters. The molecule has 104 valence electrons. The van der Waals surface area contributed by atoms with E-state index in [9.17, 15) is 4.79 Å². The van der Waals surface area contributed by atoms with E-state index in [0.29, 0.717) is 32.8 Å². The number of ether oxygens (including phenoxy) is 1. The molecule has 0 radical (unpaired) electrons. The molecule has 1 amide bonds. The summed E-state index contributed by atoms with van der Waals surface area (Å²) in [6.07, 6.45) is 4.95. The van der Waals surface area contributed by atoms with E-state index in [4.69, 9.17) is 10.00 Å². The van der Waals surface area contributed by atoms with Crippen LogP contribution in [0.2, 0.25) is 0 Å². The van der Waals surface area contributed by atoms with E-state index >= 15 is 0 Å². The average molecular weight is 272 g/mol. The Morgan fingerprint density at radius 2 is 2.35 bits per heavy atom. The first-order valence-corrected chi connectivity index (χ1v) is 6.40. The van der Waals surface area contributed by atoms with E-state index in [2.05, 4.69) is 10.3 Å². The minimum Gasteiger partial charge on any atom is -0.378 e. The fourth-order valence-electron chi connectivity index (χ4n) is 1.81. The lowest BCUT2D eigenvalue weighted by Crippen LogP contribution is -2.33. The second kappa shape index (κ2) is 7.26. The summed E-state index contributed by atoms with van der Waals surface area (Å²) < 4.78 is 5.22. The minimum absolute atomic E-state index is 0.107. The van der Waals surface area contributed by atoms with E-state index in [-0.39, 0.29) is 11.5 Å². The van der Waals surface area contributed by atoms with Crippen LogP contribution in [0.25, 0.3) is 0 Å². The zero-order valence-corrected chi connectivity index (χ0v) is 11.1. The second-order valence-corrected chi connectivity index (χ2v) is 4.35. The molecule has 1 N–H and O–H groups in total. The third kappa shape index (κ3) is 4.07. The van der Waals surface area contributed by atoms with Crippen LogP contribution in [0.3, 0.4) is 0 Å². The summed E-state index contributed by atoms with van der Waals surface area (Å²) in [5, 5.41) is 11.8. The molecular formula is C14H16N4O2. The molecule has 6 nitrogen and oxygen atoms in total. The summed E-state index contributed by atoms with van der Waals surface area (Å²) in [6, 6.07) is 5.60. The van der Waals surface area contributed by atoms with Crippen molar-refractivity contribution in [2.45, 2.75) is 6.54 Å². The lowest BCUT2D eigenvalue weighted by molar-refractivity contribution is -0.117. The number of aromatic nitrogens is 1. The van der Waals surface area contributed by atoms with Gasteiger partial charge in [-0.25, -0.2) is 0 Å². The molecule has 0 spiro atoms. The Morgan fingerprint density at radius 3 is 3.00 bits per heavy atom. The Bertz CT molecular complexity index is 516. The number of nitrogens with zero attached hydrogens (tertiary/aromatic N) is 3. The van der Waals surface area contributed by atoms with Crippen molar-refractivity contribution in [3.63, 3.8) is 0 Å². The maximum absolute atomic E-state index is 11.9. The molecule has 2 heterocycles. The number of rotatable bonds is 4. The molecule has 0 saturated carbocycles. The predicted octanol–water partition coefficient (Wildman–Crippen LogP) is 0.437. The van der Waals surface area contributed by atoms with Crippen molar-refractivity contribution in [2.75, 3.05) is 26.3 Å². The minimum atomic E-state index is -0.372. The van der Waals surface area contributed by atoms with Gasteiger partial charge in [-0.15, -0.1) is 0 Å². The molecule has 1 saturated heterocycles. The summed E-state index contributed by atoms with van der Waals surface area (Å²) in [5.41, 5.74) is 1.00. The molecule has 1 aliphatic rings. The van der Waals surface area contributed by atoms with Gasteiger partial charge in [-0.3, -0.25) is 9.78 Å². The second-order valence-electron chi connectivity index (χ2n) is 4.35. The van der Waals surface area contributed by atoms with Gasteiger partial charge in [0.05, 0.1) is 13.2 Å². The van der Waals surface area contributed by atoms with Crippen LogP contribution in [-0.4, -0.2) is 42.1 Å². The standard InChI is InChI=1S/C14H16N4O2/c15-8-13(11-18-4-6-20-7-5-18)14(19)17-10-12-2-1-3-16-9-12/h1-3,9,11H,4-7,10H2,(H,17,19)/b13-11-. The lowest BCUT2D eigenvalue weighted by atomic mass is 10.2. The fourth-order valence-corrected chi connectivity index (χ4v) is 1.81. The highest BCUT2D eigenvalue weighted by atomic mass is 16.5. The smallest absolute Gasteiger partial charge is 0.263 e. The van der Waals surface area contributed by atoms with Crippen LogP contribution in [0.1, 0.15) is 5.56 Å². The summed E-state index contributed by atoms with van der Waals surface area (Å²) in [4.78, 5) is 17.8. The van der Waals surface area contributed by atoms with E-state index in [1.54, 1.807) is 24.7 Å². The normalized spacial score (nSPS) is 15.6. The number of carbonyl (C=O) groups is 1. The summed E-state index contributed by atoms with van der Waals surface area (Å²) in [7, 11) is 0. The van der Waals surface area contributed by atoms with Crippen LogP contribution in [0.4, 0.5) is 0 Å². The number of morpholine rings is 1. The van der Waals surface area contributed by atoms with Crippen molar-refractivity contribution in [2.24, 2.45) is 0 Å². The fraction of sp³-hybridized carbons (Fsp3) is 0.357. The highest BCUT2D eigenvalue weighted by molar-refractivity contribution is 5.97. The van der Waals surface area contributed by atoms with Crippen molar-refractivity contribution in [1.29, 1.82) is 5.26 Å². The van der Waals surface area contributed by atoms with Gasteiger partial charge in [0.15, 0.2) is 0 Å². The number of hydrogen-bond donors (Lipinski definition) is 1. The quantitative estimate of drug-likeness (QED) is 0.635. The third-order valence-electron chi connectivity index (χ3n) is 2.90. The molecule has 20 heavy (non-hydrogen) atoms. The largest absolute Gasteiger partial charge is 0.378 e. The maximum atomic E-state index is 11.9. The molecule has 0 aliphatic carbocycles. The highest BCUT2D eigenvalue weighted by Gasteiger charge is 2.13. The van der Waals surface area contributed by atoms with Gasteiger partial charge in [-0.1, -0.05) is 6.07 Å². The number of amides is 1. The Kier molecular flexibility index (Phi) is 5.09. The number of hydrogen-bond acceptors (Lipinski definition) is 5. The summed E-state index contributed by atoms with van der Waals surface area (Å²) in [6.45, 7) is 2.98. The van der Waals surface area contributed by atoms with Gasteiger partial charge >= 0.3 is 0 Å². The van der Waals surface area contributed by atoms with Gasteiger partial charge in [0.2, 0.25) is 0 Å². The maximum Gasteiger partial charge on any atom is 0.263 e. The zero-order valence-electron chi connectivity index (χ0n) is 11.1. The Balaban J connectivity index is 1.92. The van der Waals surface area contributed by atoms with Gasteiger partial charge in [0, 0.05) is 38.2 Å². The van der Waals surface area contributed by atoms with Crippen molar-refractivity contribution in [3.05, 3.63) is 41.9 Å². The van der Waals surface area contributed by atoms with Gasteiger partial charge in [-0.05, 0) is 11.6 Å². The monoisotopic (exact) mass is 272 g/mol. The van der Waals surface area contributed by atoms with Crippen molar-refractivity contribution in [1.82, 2.24) is 15.2 Å². The third-order valence-corrected chi connectivity index (χ3v) is 2.90. The van der Waals surface area contributed by atoms with E-state index in [0.717, 1.165) is 5.56 Å². The van der Waals surface area contributed by atoms with Gasteiger partial charge in [0.25, 0.3) is 5.91 Å². The van der Waals surface area contributed by atoms with Crippen LogP contribution >= 0.6 is 0 Å². The molecule has 0 bridgehead atoms. The van der Waals surface area contributed by atoms with Crippen LogP contribution in [-0.2, 0) is 16.1 Å². The van der Waals surface area contributed by atoms with Crippen LogP contribution in [0.5, 0.6) is 0 Å². The Labute approximate surface area is 117 Å². The first kappa shape index (κ1) is 14.0. The van der Waals surface area contributed by atoms with E-state index < -0.39 is 0 Å². The van der Waals surface area contributed by atoms with Crippen LogP contribution in [0.15, 0.2) is 36.3 Å². The zero-order chi connectivity index (χ0) is 14.2. The van der Waals surface area contributed by atoms with E-state index in [1.807, 2.05) is 17.0 Å². The van der Waals surface area contributed by atoms with Crippen LogP contribution in [0, 0.1) is 11.3 Å². The number of carbonyl (C=O) groups excluding carboxylic acids is 1. The number of nitriles is 1. The summed E-state index contributed by atoms with van der Waals surface area (Å²) in [5.74, 6) is -0.372. The van der Waals surface area contributed by atoms with Gasteiger partial charge in [-0.2, -0.15) is 5.26 Å². The predicted molar refractivity (Wildman–Crippen MR) is 72.2 cm³/mol. The Hall–Kier alpha value is -2.39. The van der Waals surface area contributed by atoms with Crippen molar-refractivity contribution < 1.29 is 9.53 Å². The molecule has 6 heteroatoms. The van der Waals surface area contributed by atoms with E-state index in [1.165, 1.54) is 0 Å². The molecule has 0 aromatic carbocycles. The molecule has 1 aromatic heterocycles. The first-order chi connectivity index (χ1) is 9.79. The van der Waals surface area contributed by atoms with Gasteiger partial charge < -0.3 is 15.0 Å². The van der Waals surface area contributed by atoms with Gasteiger partial charge in [0.1, 0.15) is 11.6 Å². The van der Waals surface area contributed by atoms with Crippen LogP contribution < -0.4 is 5.32 Å².